The van der Waals surface area contributed by atoms with Crippen molar-refractivity contribution < 1.29 is 0 Å². The number of nitrogens with one attached hydrogen (secondary N) is 1. The molecule has 0 spiro atoms. The van der Waals surface area contributed by atoms with Crippen molar-refractivity contribution in [3.8, 4) is 0 Å². The van der Waals surface area contributed by atoms with Crippen molar-refractivity contribution in [2.75, 3.05) is 6.54 Å². The summed E-state index contributed by atoms with van der Waals surface area (Å²) >= 11 is 6.20. The highest BCUT2D eigenvalue weighted by molar-refractivity contribution is 6.32. The van der Waals surface area contributed by atoms with Crippen LogP contribution in [0.25, 0.3) is 5.52 Å². The number of imidazole rings is 1. The molecule has 96 valence electrons. The SMILES string of the molecule is Cc1ccc2c(Cl)nc(CC3CCCCN3)n2c1. The van der Waals surface area contributed by atoms with Gasteiger partial charge in [-0.3, -0.25) is 0 Å². The van der Waals surface area contributed by atoms with Crippen LogP contribution >= 0.6 is 11.6 Å². The molecule has 1 saturated heterocycles. The van der Waals surface area contributed by atoms with Gasteiger partial charge in [-0.25, -0.2) is 4.98 Å². The number of halogens is 1. The minimum absolute atomic E-state index is 0.543. The smallest absolute Gasteiger partial charge is 0.155 e. The molecule has 1 aliphatic heterocycles. The van der Waals surface area contributed by atoms with E-state index >= 15 is 0 Å². The highest BCUT2D eigenvalue weighted by atomic mass is 35.5. The molecule has 0 amide bonds. The molecule has 1 aliphatic rings. The average molecular weight is 264 g/mol. The summed E-state index contributed by atoms with van der Waals surface area (Å²) in [6.45, 7) is 3.22. The fourth-order valence-corrected chi connectivity index (χ4v) is 2.93. The molecule has 3 rings (SSSR count). The molecule has 2 aromatic heterocycles. The molecule has 1 N–H and O–H groups in total. The van der Waals surface area contributed by atoms with E-state index in [-0.39, 0.29) is 0 Å². The Morgan fingerprint density at radius 1 is 1.44 bits per heavy atom. The largest absolute Gasteiger partial charge is 0.314 e. The minimum Gasteiger partial charge on any atom is -0.314 e. The molecule has 1 unspecified atom stereocenters. The lowest BCUT2D eigenvalue weighted by Gasteiger charge is -2.22. The van der Waals surface area contributed by atoms with Gasteiger partial charge in [-0.1, -0.05) is 24.1 Å². The average Bonchev–Trinajstić information content (AvgIpc) is 2.67. The van der Waals surface area contributed by atoms with Crippen molar-refractivity contribution in [3.05, 3.63) is 34.9 Å². The number of aromatic nitrogens is 2. The van der Waals surface area contributed by atoms with Gasteiger partial charge >= 0.3 is 0 Å². The zero-order chi connectivity index (χ0) is 12.5. The van der Waals surface area contributed by atoms with Gasteiger partial charge in [-0.2, -0.15) is 0 Å². The van der Waals surface area contributed by atoms with Gasteiger partial charge in [0.2, 0.25) is 0 Å². The fraction of sp³-hybridized carbons (Fsp3) is 0.500. The van der Waals surface area contributed by atoms with Crippen molar-refractivity contribution in [2.45, 2.75) is 38.6 Å². The second kappa shape index (κ2) is 4.90. The van der Waals surface area contributed by atoms with Crippen molar-refractivity contribution in [1.29, 1.82) is 0 Å². The maximum Gasteiger partial charge on any atom is 0.155 e. The van der Waals surface area contributed by atoms with Gasteiger partial charge in [0, 0.05) is 18.7 Å². The Labute approximate surface area is 112 Å². The fourth-order valence-electron chi connectivity index (χ4n) is 2.68. The predicted octanol–water partition coefficient (Wildman–Crippen LogP) is 2.98. The molecule has 2 aromatic rings. The molecule has 3 heterocycles. The number of pyridine rings is 1. The summed E-state index contributed by atoms with van der Waals surface area (Å²) in [6.07, 6.45) is 6.91. The lowest BCUT2D eigenvalue weighted by molar-refractivity contribution is 0.394. The molecule has 0 bridgehead atoms. The van der Waals surface area contributed by atoms with E-state index in [1.54, 1.807) is 0 Å². The Hall–Kier alpha value is -1.06. The molecule has 3 nitrogen and oxygen atoms in total. The molecule has 0 aliphatic carbocycles. The van der Waals surface area contributed by atoms with Crippen LogP contribution in [0, 0.1) is 6.92 Å². The summed E-state index contributed by atoms with van der Waals surface area (Å²) in [4.78, 5) is 4.51. The Balaban J connectivity index is 1.93. The Bertz CT molecular complexity index is 555. The second-order valence-electron chi connectivity index (χ2n) is 5.13. The normalized spacial score (nSPS) is 20.4. The first-order valence-electron chi connectivity index (χ1n) is 6.60. The summed E-state index contributed by atoms with van der Waals surface area (Å²) in [5.74, 6) is 1.07. The summed E-state index contributed by atoms with van der Waals surface area (Å²) in [5, 5.41) is 4.17. The third-order valence-electron chi connectivity index (χ3n) is 3.65. The monoisotopic (exact) mass is 263 g/mol. The standard InChI is InChI=1S/C14H18ClN3/c1-10-5-6-12-14(15)17-13(18(12)9-10)8-11-4-2-3-7-16-11/h5-6,9,11,16H,2-4,7-8H2,1H3. The van der Waals surface area contributed by atoms with E-state index in [0.29, 0.717) is 11.2 Å². The van der Waals surface area contributed by atoms with Gasteiger partial charge in [0.25, 0.3) is 0 Å². The van der Waals surface area contributed by atoms with Crippen molar-refractivity contribution in [3.63, 3.8) is 0 Å². The number of fused-ring (bicyclic) bond motifs is 1. The highest BCUT2D eigenvalue weighted by Gasteiger charge is 2.17. The van der Waals surface area contributed by atoms with E-state index in [1.807, 2.05) is 6.07 Å². The van der Waals surface area contributed by atoms with Crippen LogP contribution in [-0.2, 0) is 6.42 Å². The van der Waals surface area contributed by atoms with Gasteiger partial charge in [0.15, 0.2) is 5.15 Å². The van der Waals surface area contributed by atoms with Crippen molar-refractivity contribution >= 4 is 17.1 Å². The Morgan fingerprint density at radius 2 is 2.33 bits per heavy atom. The third-order valence-corrected chi connectivity index (χ3v) is 3.93. The van der Waals surface area contributed by atoms with E-state index in [0.717, 1.165) is 24.3 Å². The number of rotatable bonds is 2. The van der Waals surface area contributed by atoms with E-state index in [2.05, 4.69) is 33.9 Å². The number of nitrogens with zero attached hydrogens (tertiary/aromatic N) is 2. The van der Waals surface area contributed by atoms with Crippen molar-refractivity contribution in [2.24, 2.45) is 0 Å². The summed E-state index contributed by atoms with van der Waals surface area (Å²) in [5.41, 5.74) is 2.24. The molecule has 0 aromatic carbocycles. The predicted molar refractivity (Wildman–Crippen MR) is 74.3 cm³/mol. The summed E-state index contributed by atoms with van der Waals surface area (Å²) < 4.78 is 2.13. The first-order valence-corrected chi connectivity index (χ1v) is 6.98. The molecule has 0 saturated carbocycles. The maximum absolute atomic E-state index is 6.20. The molecule has 0 radical (unpaired) electrons. The van der Waals surface area contributed by atoms with E-state index < -0.39 is 0 Å². The number of aryl methyl sites for hydroxylation is 1. The molecule has 18 heavy (non-hydrogen) atoms. The number of hydrogen-bond acceptors (Lipinski definition) is 2. The van der Waals surface area contributed by atoms with E-state index in [9.17, 15) is 0 Å². The third kappa shape index (κ3) is 2.25. The Morgan fingerprint density at radius 3 is 3.11 bits per heavy atom. The van der Waals surface area contributed by atoms with Crippen LogP contribution in [0.4, 0.5) is 0 Å². The van der Waals surface area contributed by atoms with Crippen LogP contribution in [0.15, 0.2) is 18.3 Å². The quantitative estimate of drug-likeness (QED) is 0.903. The molecular weight excluding hydrogens is 246 g/mol. The maximum atomic E-state index is 6.20. The summed E-state index contributed by atoms with van der Waals surface area (Å²) in [7, 11) is 0. The minimum atomic E-state index is 0.543. The van der Waals surface area contributed by atoms with Crippen LogP contribution < -0.4 is 5.32 Å². The number of hydrogen-bond donors (Lipinski definition) is 1. The molecule has 4 heteroatoms. The van der Waals surface area contributed by atoms with Crippen LogP contribution in [-0.4, -0.2) is 22.0 Å². The lowest BCUT2D eigenvalue weighted by Crippen LogP contribution is -2.36. The van der Waals surface area contributed by atoms with Gasteiger partial charge in [-0.15, -0.1) is 0 Å². The first-order chi connectivity index (χ1) is 8.74. The zero-order valence-electron chi connectivity index (χ0n) is 10.6. The topological polar surface area (TPSA) is 29.3 Å². The number of piperidine rings is 1. The van der Waals surface area contributed by atoms with E-state index in [4.69, 9.17) is 11.6 Å². The van der Waals surface area contributed by atoms with Gasteiger partial charge < -0.3 is 9.72 Å². The van der Waals surface area contributed by atoms with E-state index in [1.165, 1.54) is 24.8 Å². The zero-order valence-corrected chi connectivity index (χ0v) is 11.4. The Kier molecular flexibility index (Phi) is 3.27. The van der Waals surface area contributed by atoms with Gasteiger partial charge in [0.1, 0.15) is 5.82 Å². The van der Waals surface area contributed by atoms with Crippen LogP contribution in [0.1, 0.15) is 30.7 Å². The molecule has 1 atom stereocenters. The van der Waals surface area contributed by atoms with Crippen LogP contribution in [0.5, 0.6) is 0 Å². The first kappa shape index (κ1) is 12.0. The van der Waals surface area contributed by atoms with Crippen LogP contribution in [0.3, 0.4) is 0 Å². The van der Waals surface area contributed by atoms with Crippen LogP contribution in [0.2, 0.25) is 5.15 Å². The highest BCUT2D eigenvalue weighted by Crippen LogP contribution is 2.21. The molecule has 1 fully saturated rings. The van der Waals surface area contributed by atoms with Gasteiger partial charge in [0.05, 0.1) is 5.52 Å². The molecular formula is C14H18ClN3. The van der Waals surface area contributed by atoms with Crippen molar-refractivity contribution in [1.82, 2.24) is 14.7 Å². The summed E-state index contributed by atoms with van der Waals surface area (Å²) in [6, 6.07) is 4.66. The lowest BCUT2D eigenvalue weighted by atomic mass is 10.0. The van der Waals surface area contributed by atoms with Gasteiger partial charge in [-0.05, 0) is 37.9 Å². The second-order valence-corrected chi connectivity index (χ2v) is 5.49.